The van der Waals surface area contributed by atoms with E-state index in [-0.39, 0.29) is 0 Å². The summed E-state index contributed by atoms with van der Waals surface area (Å²) < 4.78 is 5.65. The average Bonchev–Trinajstić information content (AvgIpc) is 2.26. The van der Waals surface area contributed by atoms with Crippen molar-refractivity contribution in [1.82, 2.24) is 0 Å². The lowest BCUT2D eigenvalue weighted by molar-refractivity contribution is 0.290. The zero-order valence-corrected chi connectivity index (χ0v) is 8.25. The van der Waals surface area contributed by atoms with E-state index in [2.05, 4.69) is 17.4 Å². The van der Waals surface area contributed by atoms with E-state index in [0.717, 1.165) is 37.4 Å². The van der Waals surface area contributed by atoms with Gasteiger partial charge >= 0.3 is 0 Å². The first-order valence-electron chi connectivity index (χ1n) is 5.10. The fourth-order valence-corrected chi connectivity index (χ4v) is 1.74. The molecule has 3 heteroatoms. The van der Waals surface area contributed by atoms with Crippen molar-refractivity contribution in [2.75, 3.05) is 25.0 Å². The van der Waals surface area contributed by atoms with Crippen LogP contribution in [0.1, 0.15) is 12.0 Å². The number of fused-ring (bicyclic) bond motifs is 1. The maximum absolute atomic E-state index is 5.65. The summed E-state index contributed by atoms with van der Waals surface area (Å²) in [6.45, 7) is 2.26. The summed E-state index contributed by atoms with van der Waals surface area (Å²) in [5.41, 5.74) is 7.83. The summed E-state index contributed by atoms with van der Waals surface area (Å²) in [5.74, 6) is 1.02. The fourth-order valence-electron chi connectivity index (χ4n) is 1.74. The van der Waals surface area contributed by atoms with Gasteiger partial charge in [0, 0.05) is 13.1 Å². The van der Waals surface area contributed by atoms with Crippen LogP contribution >= 0.6 is 0 Å². The predicted octanol–water partition coefficient (Wildman–Crippen LogP) is 1.38. The Morgan fingerprint density at radius 3 is 3.21 bits per heavy atom. The third-order valence-corrected chi connectivity index (χ3v) is 2.39. The van der Waals surface area contributed by atoms with Crippen molar-refractivity contribution in [2.24, 2.45) is 5.73 Å². The molecule has 0 amide bonds. The minimum atomic E-state index is 0.643. The normalized spacial score (nSPS) is 14.4. The molecule has 2 rings (SSSR count). The van der Waals surface area contributed by atoms with Crippen molar-refractivity contribution >= 4 is 5.69 Å². The molecule has 3 N–H and O–H groups in total. The SMILES string of the molecule is NCCNc1cccc2c1OCCC2. The van der Waals surface area contributed by atoms with Crippen molar-refractivity contribution in [3.05, 3.63) is 23.8 Å². The molecule has 0 radical (unpaired) electrons. The molecule has 0 saturated heterocycles. The molecule has 76 valence electrons. The number of anilines is 1. The average molecular weight is 192 g/mol. The molecule has 1 heterocycles. The second-order valence-corrected chi connectivity index (χ2v) is 3.46. The van der Waals surface area contributed by atoms with Crippen molar-refractivity contribution in [2.45, 2.75) is 12.8 Å². The predicted molar refractivity (Wildman–Crippen MR) is 57.8 cm³/mol. The molecule has 1 aromatic carbocycles. The molecule has 0 aromatic heterocycles. The van der Waals surface area contributed by atoms with Crippen LogP contribution in [0.2, 0.25) is 0 Å². The van der Waals surface area contributed by atoms with Crippen molar-refractivity contribution in [3.8, 4) is 5.75 Å². The molecule has 0 saturated carbocycles. The Labute approximate surface area is 84.3 Å². The maximum atomic E-state index is 5.65. The summed E-state index contributed by atoms with van der Waals surface area (Å²) in [4.78, 5) is 0. The van der Waals surface area contributed by atoms with E-state index in [1.54, 1.807) is 0 Å². The Hall–Kier alpha value is -1.22. The monoisotopic (exact) mass is 192 g/mol. The van der Waals surface area contributed by atoms with Gasteiger partial charge in [0.1, 0.15) is 5.75 Å². The standard InChI is InChI=1S/C11H16N2O/c12-6-7-13-10-5-1-3-9-4-2-8-14-11(9)10/h1,3,5,13H,2,4,6-8,12H2. The third-order valence-electron chi connectivity index (χ3n) is 2.39. The van der Waals surface area contributed by atoms with Crippen molar-refractivity contribution in [3.63, 3.8) is 0 Å². The van der Waals surface area contributed by atoms with Gasteiger partial charge in [0.15, 0.2) is 0 Å². The Bertz CT molecular complexity index is 312. The molecule has 14 heavy (non-hydrogen) atoms. The van der Waals surface area contributed by atoms with E-state index in [9.17, 15) is 0 Å². The Morgan fingerprint density at radius 1 is 1.43 bits per heavy atom. The lowest BCUT2D eigenvalue weighted by atomic mass is 10.1. The van der Waals surface area contributed by atoms with Crippen LogP contribution in [-0.2, 0) is 6.42 Å². The Morgan fingerprint density at radius 2 is 2.36 bits per heavy atom. The number of hydrogen-bond donors (Lipinski definition) is 2. The molecule has 0 unspecified atom stereocenters. The van der Waals surface area contributed by atoms with E-state index in [1.165, 1.54) is 5.56 Å². The van der Waals surface area contributed by atoms with Gasteiger partial charge in [-0.3, -0.25) is 0 Å². The van der Waals surface area contributed by atoms with Gasteiger partial charge in [-0.05, 0) is 24.5 Å². The van der Waals surface area contributed by atoms with Gasteiger partial charge in [0.2, 0.25) is 0 Å². The molecule has 1 aromatic rings. The number of rotatable bonds is 3. The van der Waals surface area contributed by atoms with Gasteiger partial charge in [0.05, 0.1) is 12.3 Å². The Balaban J connectivity index is 2.21. The smallest absolute Gasteiger partial charge is 0.145 e. The molecule has 0 spiro atoms. The van der Waals surface area contributed by atoms with E-state index in [4.69, 9.17) is 10.5 Å². The molecular weight excluding hydrogens is 176 g/mol. The van der Waals surface area contributed by atoms with Crippen LogP contribution in [0.3, 0.4) is 0 Å². The topological polar surface area (TPSA) is 47.3 Å². The lowest BCUT2D eigenvalue weighted by Crippen LogP contribution is -2.16. The number of benzene rings is 1. The van der Waals surface area contributed by atoms with Gasteiger partial charge in [-0.15, -0.1) is 0 Å². The van der Waals surface area contributed by atoms with E-state index < -0.39 is 0 Å². The molecule has 1 aliphatic rings. The molecular formula is C11H16N2O. The molecule has 0 bridgehead atoms. The van der Waals surface area contributed by atoms with Gasteiger partial charge in [0.25, 0.3) is 0 Å². The van der Waals surface area contributed by atoms with E-state index >= 15 is 0 Å². The number of ether oxygens (including phenoxy) is 1. The molecule has 0 fully saturated rings. The van der Waals surface area contributed by atoms with Crippen LogP contribution in [0.4, 0.5) is 5.69 Å². The van der Waals surface area contributed by atoms with Gasteiger partial charge < -0.3 is 15.8 Å². The quantitative estimate of drug-likeness (QED) is 0.760. The molecule has 0 atom stereocenters. The largest absolute Gasteiger partial charge is 0.491 e. The fraction of sp³-hybridized carbons (Fsp3) is 0.455. The third kappa shape index (κ3) is 1.82. The summed E-state index contributed by atoms with van der Waals surface area (Å²) in [6, 6.07) is 6.23. The van der Waals surface area contributed by atoms with Crippen molar-refractivity contribution < 1.29 is 4.74 Å². The van der Waals surface area contributed by atoms with E-state index in [1.807, 2.05) is 6.07 Å². The van der Waals surface area contributed by atoms with Crippen LogP contribution in [0.25, 0.3) is 0 Å². The van der Waals surface area contributed by atoms with Crippen LogP contribution in [0, 0.1) is 0 Å². The van der Waals surface area contributed by atoms with Gasteiger partial charge in [-0.25, -0.2) is 0 Å². The number of hydrogen-bond acceptors (Lipinski definition) is 3. The zero-order chi connectivity index (χ0) is 9.80. The highest BCUT2D eigenvalue weighted by atomic mass is 16.5. The minimum Gasteiger partial charge on any atom is -0.491 e. The Kier molecular flexibility index (Phi) is 2.89. The molecule has 3 nitrogen and oxygen atoms in total. The first-order chi connectivity index (χ1) is 6.92. The van der Waals surface area contributed by atoms with Crippen LogP contribution in [0.15, 0.2) is 18.2 Å². The molecule has 0 aliphatic carbocycles. The summed E-state index contributed by atoms with van der Waals surface area (Å²) in [6.07, 6.45) is 2.24. The summed E-state index contributed by atoms with van der Waals surface area (Å²) >= 11 is 0. The lowest BCUT2D eigenvalue weighted by Gasteiger charge is -2.20. The number of para-hydroxylation sites is 1. The second kappa shape index (κ2) is 4.33. The van der Waals surface area contributed by atoms with Crippen LogP contribution in [0.5, 0.6) is 5.75 Å². The summed E-state index contributed by atoms with van der Waals surface area (Å²) in [5, 5.41) is 3.27. The molecule has 1 aliphatic heterocycles. The van der Waals surface area contributed by atoms with Crippen molar-refractivity contribution in [1.29, 1.82) is 0 Å². The second-order valence-electron chi connectivity index (χ2n) is 3.46. The van der Waals surface area contributed by atoms with Crippen LogP contribution < -0.4 is 15.8 Å². The minimum absolute atomic E-state index is 0.643. The van der Waals surface area contributed by atoms with Gasteiger partial charge in [-0.2, -0.15) is 0 Å². The highest BCUT2D eigenvalue weighted by molar-refractivity contribution is 5.60. The zero-order valence-electron chi connectivity index (χ0n) is 8.25. The highest BCUT2D eigenvalue weighted by Gasteiger charge is 2.13. The summed E-state index contributed by atoms with van der Waals surface area (Å²) in [7, 11) is 0. The van der Waals surface area contributed by atoms with Gasteiger partial charge in [-0.1, -0.05) is 12.1 Å². The van der Waals surface area contributed by atoms with Crippen LogP contribution in [-0.4, -0.2) is 19.7 Å². The number of nitrogens with two attached hydrogens (primary N) is 1. The highest BCUT2D eigenvalue weighted by Crippen LogP contribution is 2.32. The maximum Gasteiger partial charge on any atom is 0.145 e. The number of aryl methyl sites for hydroxylation is 1. The number of nitrogens with one attached hydrogen (secondary N) is 1. The first-order valence-corrected chi connectivity index (χ1v) is 5.10. The van der Waals surface area contributed by atoms with E-state index in [0.29, 0.717) is 6.54 Å². The first kappa shape index (κ1) is 9.34.